The van der Waals surface area contributed by atoms with Gasteiger partial charge in [-0.15, -0.1) is 11.8 Å². The third-order valence-corrected chi connectivity index (χ3v) is 5.67. The first-order chi connectivity index (χ1) is 11.9. The monoisotopic (exact) mass is 374 g/mol. The van der Waals surface area contributed by atoms with Gasteiger partial charge in [-0.3, -0.25) is 9.59 Å². The van der Waals surface area contributed by atoms with Gasteiger partial charge in [-0.1, -0.05) is 35.9 Å². The Morgan fingerprint density at radius 3 is 2.84 bits per heavy atom. The van der Waals surface area contributed by atoms with Gasteiger partial charge in [-0.2, -0.15) is 0 Å². The van der Waals surface area contributed by atoms with E-state index in [0.29, 0.717) is 10.7 Å². The van der Waals surface area contributed by atoms with Crippen LogP contribution in [0, 0.1) is 6.92 Å². The number of aryl methyl sites for hydroxylation is 1. The van der Waals surface area contributed by atoms with E-state index in [1.54, 1.807) is 12.1 Å². The maximum Gasteiger partial charge on any atom is 0.238 e. The first-order valence-electron chi connectivity index (χ1n) is 8.06. The number of benzene rings is 2. The highest BCUT2D eigenvalue weighted by Crippen LogP contribution is 2.38. The predicted octanol–water partition coefficient (Wildman–Crippen LogP) is 4.33. The molecule has 2 aromatic carbocycles. The first-order valence-corrected chi connectivity index (χ1v) is 9.32. The largest absolute Gasteiger partial charge is 0.350 e. The summed E-state index contributed by atoms with van der Waals surface area (Å²) in [5.74, 6) is -0.306. The van der Waals surface area contributed by atoms with Gasteiger partial charge in [0.15, 0.2) is 0 Å². The normalized spacial score (nSPS) is 17.4. The van der Waals surface area contributed by atoms with Crippen LogP contribution >= 0.6 is 23.4 Å². The van der Waals surface area contributed by atoms with E-state index in [2.05, 4.69) is 10.6 Å². The number of hydrogen-bond acceptors (Lipinski definition) is 3. The Bertz CT molecular complexity index is 825. The molecule has 2 amide bonds. The Kier molecular flexibility index (Phi) is 5.35. The number of nitrogens with one attached hydrogen (secondary N) is 2. The van der Waals surface area contributed by atoms with Crippen molar-refractivity contribution in [2.75, 3.05) is 5.32 Å². The zero-order valence-corrected chi connectivity index (χ0v) is 15.6. The van der Waals surface area contributed by atoms with E-state index in [-0.39, 0.29) is 24.3 Å². The van der Waals surface area contributed by atoms with Crippen molar-refractivity contribution < 1.29 is 9.59 Å². The lowest BCUT2D eigenvalue weighted by Crippen LogP contribution is -2.35. The minimum atomic E-state index is -0.447. The number of fused-ring (bicyclic) bond motifs is 1. The quantitative estimate of drug-likeness (QED) is 0.837. The summed E-state index contributed by atoms with van der Waals surface area (Å²) in [6.07, 6.45) is 0.134. The predicted molar refractivity (Wildman–Crippen MR) is 102 cm³/mol. The Morgan fingerprint density at radius 1 is 1.32 bits per heavy atom. The van der Waals surface area contributed by atoms with Crippen molar-refractivity contribution in [1.29, 1.82) is 0 Å². The molecule has 0 radical (unpaired) electrons. The van der Waals surface area contributed by atoms with Crippen molar-refractivity contribution in [3.8, 4) is 0 Å². The Hall–Kier alpha value is -1.98. The van der Waals surface area contributed by atoms with Crippen molar-refractivity contribution in [3.05, 3.63) is 58.6 Å². The van der Waals surface area contributed by atoms with Crippen LogP contribution < -0.4 is 10.6 Å². The molecule has 1 aliphatic rings. The smallest absolute Gasteiger partial charge is 0.238 e. The molecule has 6 heteroatoms. The Balaban J connectivity index is 1.64. The van der Waals surface area contributed by atoms with Crippen molar-refractivity contribution >= 4 is 40.9 Å². The number of anilines is 1. The van der Waals surface area contributed by atoms with Gasteiger partial charge in [-0.25, -0.2) is 0 Å². The molecule has 0 aliphatic carbocycles. The van der Waals surface area contributed by atoms with E-state index in [0.717, 1.165) is 16.0 Å². The summed E-state index contributed by atoms with van der Waals surface area (Å²) in [7, 11) is 0. The molecule has 0 spiro atoms. The van der Waals surface area contributed by atoms with Crippen LogP contribution in [0.25, 0.3) is 0 Å². The van der Waals surface area contributed by atoms with E-state index in [9.17, 15) is 9.59 Å². The van der Waals surface area contributed by atoms with Crippen molar-refractivity contribution in [1.82, 2.24) is 5.32 Å². The number of hydrogen-bond donors (Lipinski definition) is 2. The fourth-order valence-corrected chi connectivity index (χ4v) is 4.14. The van der Waals surface area contributed by atoms with Crippen LogP contribution in [0.15, 0.2) is 47.4 Å². The molecule has 130 valence electrons. The molecule has 0 saturated heterocycles. The Labute approximate surface area is 156 Å². The van der Waals surface area contributed by atoms with Gasteiger partial charge in [0.25, 0.3) is 0 Å². The van der Waals surface area contributed by atoms with Gasteiger partial charge in [0.1, 0.15) is 0 Å². The second-order valence-corrected chi connectivity index (χ2v) is 7.77. The van der Waals surface area contributed by atoms with Crippen molar-refractivity contribution in [2.24, 2.45) is 0 Å². The molecule has 2 atom stereocenters. The zero-order chi connectivity index (χ0) is 18.0. The van der Waals surface area contributed by atoms with Crippen molar-refractivity contribution in [2.45, 2.75) is 36.5 Å². The number of carbonyl (C=O) groups is 2. The summed E-state index contributed by atoms with van der Waals surface area (Å²) < 4.78 is 0. The molecule has 0 fully saturated rings. The van der Waals surface area contributed by atoms with Gasteiger partial charge in [0, 0.05) is 16.3 Å². The topological polar surface area (TPSA) is 58.2 Å². The maximum atomic E-state index is 12.4. The van der Waals surface area contributed by atoms with Crippen LogP contribution in [-0.2, 0) is 9.59 Å². The summed E-state index contributed by atoms with van der Waals surface area (Å²) >= 11 is 7.35. The van der Waals surface area contributed by atoms with E-state index >= 15 is 0 Å². The fraction of sp³-hybridized carbons (Fsp3) is 0.263. The second-order valence-electron chi connectivity index (χ2n) is 6.09. The standard InChI is InChI=1S/C19H19ClN2O2S/c1-11-5-3-4-6-14(11)12(2)21-18(23)10-17-19(24)22-15-9-13(20)7-8-16(15)25-17/h3-9,12,17H,10H2,1-2H3,(H,21,23)(H,22,24). The van der Waals surface area contributed by atoms with Crippen LogP contribution in [0.5, 0.6) is 0 Å². The zero-order valence-electron chi connectivity index (χ0n) is 14.0. The third kappa shape index (κ3) is 4.17. The van der Waals surface area contributed by atoms with Gasteiger partial charge in [0.2, 0.25) is 11.8 Å². The number of amides is 2. The number of carbonyl (C=O) groups excluding carboxylic acids is 2. The van der Waals surface area contributed by atoms with E-state index in [4.69, 9.17) is 11.6 Å². The maximum absolute atomic E-state index is 12.4. The van der Waals surface area contributed by atoms with Crippen LogP contribution in [0.2, 0.25) is 5.02 Å². The van der Waals surface area contributed by atoms with E-state index in [1.165, 1.54) is 11.8 Å². The molecule has 4 nitrogen and oxygen atoms in total. The molecular formula is C19H19ClN2O2S. The third-order valence-electron chi connectivity index (χ3n) is 4.16. The van der Waals surface area contributed by atoms with Gasteiger partial charge >= 0.3 is 0 Å². The van der Waals surface area contributed by atoms with Crippen LogP contribution in [0.1, 0.15) is 30.5 Å². The van der Waals surface area contributed by atoms with E-state index < -0.39 is 5.25 Å². The second kappa shape index (κ2) is 7.50. The lowest BCUT2D eigenvalue weighted by molar-refractivity contribution is -0.124. The first kappa shape index (κ1) is 17.8. The average molecular weight is 375 g/mol. The number of rotatable bonds is 4. The van der Waals surface area contributed by atoms with Gasteiger partial charge in [-0.05, 0) is 43.2 Å². The van der Waals surface area contributed by atoms with E-state index in [1.807, 2.05) is 44.2 Å². The average Bonchev–Trinajstić information content (AvgIpc) is 2.56. The molecule has 1 heterocycles. The molecular weight excluding hydrogens is 356 g/mol. The minimum Gasteiger partial charge on any atom is -0.350 e. The molecule has 0 aromatic heterocycles. The van der Waals surface area contributed by atoms with Crippen LogP contribution in [-0.4, -0.2) is 17.1 Å². The van der Waals surface area contributed by atoms with Gasteiger partial charge < -0.3 is 10.6 Å². The SMILES string of the molecule is Cc1ccccc1C(C)NC(=O)CC1Sc2ccc(Cl)cc2NC1=O. The molecule has 1 aliphatic heterocycles. The lowest BCUT2D eigenvalue weighted by atomic mass is 10.0. The fourth-order valence-electron chi connectivity index (χ4n) is 2.88. The number of thioether (sulfide) groups is 1. The summed E-state index contributed by atoms with van der Waals surface area (Å²) in [5, 5.41) is 5.94. The molecule has 0 bridgehead atoms. The molecule has 0 saturated carbocycles. The summed E-state index contributed by atoms with van der Waals surface area (Å²) in [5.41, 5.74) is 2.91. The van der Waals surface area contributed by atoms with Crippen LogP contribution in [0.4, 0.5) is 5.69 Å². The highest BCUT2D eigenvalue weighted by atomic mass is 35.5. The lowest BCUT2D eigenvalue weighted by Gasteiger charge is -2.24. The van der Waals surface area contributed by atoms with Crippen LogP contribution in [0.3, 0.4) is 0 Å². The summed E-state index contributed by atoms with van der Waals surface area (Å²) in [6.45, 7) is 3.97. The highest BCUT2D eigenvalue weighted by Gasteiger charge is 2.29. The molecule has 3 rings (SSSR count). The van der Waals surface area contributed by atoms with Crippen molar-refractivity contribution in [3.63, 3.8) is 0 Å². The minimum absolute atomic E-state index is 0.101. The van der Waals surface area contributed by atoms with Gasteiger partial charge in [0.05, 0.1) is 17.0 Å². The summed E-state index contributed by atoms with van der Waals surface area (Å²) in [4.78, 5) is 25.6. The molecule has 2 N–H and O–H groups in total. The number of halogens is 1. The highest BCUT2D eigenvalue weighted by molar-refractivity contribution is 8.01. The molecule has 2 aromatic rings. The molecule has 2 unspecified atom stereocenters. The Morgan fingerprint density at radius 2 is 2.08 bits per heavy atom. The summed E-state index contributed by atoms with van der Waals surface area (Å²) in [6, 6.07) is 13.2. The molecule has 25 heavy (non-hydrogen) atoms.